The minimum Gasteiger partial charge on any atom is -0.480 e. The van der Waals surface area contributed by atoms with E-state index in [0.29, 0.717) is 28.1 Å². The fraction of sp³-hybridized carbons (Fsp3) is 0.237. The van der Waals surface area contributed by atoms with Gasteiger partial charge in [0.25, 0.3) is 0 Å². The number of carbonyl (C=O) groups is 4. The zero-order valence-corrected chi connectivity index (χ0v) is 26.8. The molecule has 48 heavy (non-hydrogen) atoms. The van der Waals surface area contributed by atoms with Crippen molar-refractivity contribution in [3.05, 3.63) is 138 Å². The Bertz CT molecular complexity index is 1760. The van der Waals surface area contributed by atoms with Crippen LogP contribution in [0, 0.1) is 0 Å². The van der Waals surface area contributed by atoms with Crippen LogP contribution in [0.2, 0.25) is 0 Å². The van der Waals surface area contributed by atoms with Gasteiger partial charge in [0.2, 0.25) is 11.8 Å². The van der Waals surface area contributed by atoms with E-state index in [1.807, 2.05) is 74.5 Å². The normalized spacial score (nSPS) is 15.9. The highest BCUT2D eigenvalue weighted by Crippen LogP contribution is 2.34. The number of carbonyl (C=O) groups excluding carboxylic acids is 3. The van der Waals surface area contributed by atoms with Crippen LogP contribution in [0.5, 0.6) is 0 Å². The number of ether oxygens (including phenoxy) is 1. The van der Waals surface area contributed by atoms with Crippen LogP contribution < -0.4 is 10.6 Å². The van der Waals surface area contributed by atoms with Gasteiger partial charge in [-0.1, -0.05) is 123 Å². The monoisotopic (exact) mass is 646 g/mol. The molecular weight excluding hydrogens is 608 g/mol. The summed E-state index contributed by atoms with van der Waals surface area (Å²) in [5.74, 6) is -3.06. The summed E-state index contributed by atoms with van der Waals surface area (Å²) in [4.78, 5) is 58.9. The molecule has 3 atom stereocenters. The SMILES string of the molecule is CC(C)NCC(=O)Nc1ccccc1C(=N[C@@H](C(=O)O)[C@@H](CC(=O)N1C(=O)OC[C@H]1c1ccccc1)c1ccccc1)c1ccccc1. The molecule has 10 nitrogen and oxygen atoms in total. The van der Waals surface area contributed by atoms with Crippen LogP contribution in [-0.2, 0) is 19.1 Å². The number of carboxylic acid groups (broad SMARTS) is 1. The molecule has 3 N–H and O–H groups in total. The van der Waals surface area contributed by atoms with Gasteiger partial charge in [-0.25, -0.2) is 14.5 Å². The number of imide groups is 1. The second-order valence-electron chi connectivity index (χ2n) is 11.7. The van der Waals surface area contributed by atoms with Crippen molar-refractivity contribution < 1.29 is 29.0 Å². The zero-order valence-electron chi connectivity index (χ0n) is 26.8. The Morgan fingerprint density at radius 1 is 0.875 bits per heavy atom. The first-order valence-corrected chi connectivity index (χ1v) is 15.8. The molecule has 4 aromatic carbocycles. The first-order valence-electron chi connectivity index (χ1n) is 15.8. The van der Waals surface area contributed by atoms with Crippen LogP contribution >= 0.6 is 0 Å². The molecule has 0 radical (unpaired) electrons. The molecule has 1 fully saturated rings. The van der Waals surface area contributed by atoms with Crippen LogP contribution in [0.4, 0.5) is 10.5 Å². The van der Waals surface area contributed by atoms with Gasteiger partial charge in [0, 0.05) is 29.5 Å². The smallest absolute Gasteiger partial charge is 0.417 e. The van der Waals surface area contributed by atoms with E-state index in [2.05, 4.69) is 10.6 Å². The minimum absolute atomic E-state index is 0.00154. The Hall–Kier alpha value is -5.61. The van der Waals surface area contributed by atoms with Crippen molar-refractivity contribution in [1.82, 2.24) is 10.2 Å². The summed E-state index contributed by atoms with van der Waals surface area (Å²) in [6.07, 6.45) is -1.11. The Balaban J connectivity index is 1.57. The van der Waals surface area contributed by atoms with E-state index in [1.54, 1.807) is 54.6 Å². The number of cyclic esters (lactones) is 1. The highest BCUT2D eigenvalue weighted by Gasteiger charge is 2.41. The number of benzene rings is 4. The maximum Gasteiger partial charge on any atom is 0.417 e. The van der Waals surface area contributed by atoms with E-state index >= 15 is 0 Å². The number of amides is 3. The van der Waals surface area contributed by atoms with Crippen LogP contribution in [0.3, 0.4) is 0 Å². The lowest BCUT2D eigenvalue weighted by atomic mass is 9.87. The molecule has 0 spiro atoms. The summed E-state index contributed by atoms with van der Waals surface area (Å²) in [6, 6.07) is 32.1. The number of rotatable bonds is 13. The largest absolute Gasteiger partial charge is 0.480 e. The van der Waals surface area contributed by atoms with E-state index in [9.17, 15) is 24.3 Å². The van der Waals surface area contributed by atoms with Gasteiger partial charge in [-0.05, 0) is 17.2 Å². The molecule has 4 aromatic rings. The van der Waals surface area contributed by atoms with E-state index < -0.39 is 36.0 Å². The van der Waals surface area contributed by atoms with Gasteiger partial charge in [0.1, 0.15) is 12.6 Å². The number of carboxylic acids is 1. The first-order chi connectivity index (χ1) is 23.2. The number of aliphatic imine (C=N–C) groups is 1. The Kier molecular flexibility index (Phi) is 11.1. The molecule has 3 amide bonds. The predicted octanol–water partition coefficient (Wildman–Crippen LogP) is 5.81. The lowest BCUT2D eigenvalue weighted by Gasteiger charge is -2.26. The molecule has 10 heteroatoms. The molecule has 0 saturated carbocycles. The Morgan fingerprint density at radius 2 is 1.48 bits per heavy atom. The summed E-state index contributed by atoms with van der Waals surface area (Å²) < 4.78 is 5.29. The average molecular weight is 647 g/mol. The van der Waals surface area contributed by atoms with Gasteiger partial charge in [-0.2, -0.15) is 0 Å². The quantitative estimate of drug-likeness (QED) is 0.156. The maximum atomic E-state index is 14.0. The first kappa shape index (κ1) is 33.7. The van der Waals surface area contributed by atoms with E-state index in [0.717, 1.165) is 10.5 Å². The molecule has 5 rings (SSSR count). The van der Waals surface area contributed by atoms with Gasteiger partial charge < -0.3 is 20.5 Å². The van der Waals surface area contributed by atoms with Crippen LogP contribution in [0.25, 0.3) is 0 Å². The molecule has 0 aromatic heterocycles. The van der Waals surface area contributed by atoms with Crippen molar-refractivity contribution in [2.24, 2.45) is 4.99 Å². The number of anilines is 1. The summed E-state index contributed by atoms with van der Waals surface area (Å²) in [6.45, 7) is 3.97. The van der Waals surface area contributed by atoms with Crippen molar-refractivity contribution in [2.75, 3.05) is 18.5 Å². The highest BCUT2D eigenvalue weighted by molar-refractivity contribution is 6.17. The molecule has 0 unspecified atom stereocenters. The summed E-state index contributed by atoms with van der Waals surface area (Å²) in [7, 11) is 0. The van der Waals surface area contributed by atoms with Crippen LogP contribution in [0.1, 0.15) is 54.5 Å². The summed E-state index contributed by atoms with van der Waals surface area (Å²) in [5, 5.41) is 16.8. The Morgan fingerprint density at radius 3 is 2.12 bits per heavy atom. The number of para-hydroxylation sites is 1. The van der Waals surface area contributed by atoms with Gasteiger partial charge in [0.15, 0.2) is 6.04 Å². The van der Waals surface area contributed by atoms with Gasteiger partial charge in [-0.3, -0.25) is 14.6 Å². The number of hydrogen-bond donors (Lipinski definition) is 3. The van der Waals surface area contributed by atoms with Gasteiger partial charge in [-0.15, -0.1) is 0 Å². The third-order valence-corrected chi connectivity index (χ3v) is 8.03. The highest BCUT2D eigenvalue weighted by atomic mass is 16.6. The molecule has 1 saturated heterocycles. The average Bonchev–Trinajstić information content (AvgIpc) is 3.49. The zero-order chi connectivity index (χ0) is 34.0. The molecule has 246 valence electrons. The van der Waals surface area contributed by atoms with Crippen LogP contribution in [0.15, 0.2) is 120 Å². The molecule has 1 heterocycles. The number of nitrogens with one attached hydrogen (secondary N) is 2. The Labute approximate surface area is 279 Å². The van der Waals surface area contributed by atoms with Gasteiger partial charge >= 0.3 is 12.1 Å². The number of hydrogen-bond acceptors (Lipinski definition) is 7. The van der Waals surface area contributed by atoms with Crippen molar-refractivity contribution >= 4 is 35.3 Å². The number of nitrogens with zero attached hydrogens (tertiary/aromatic N) is 2. The van der Waals surface area contributed by atoms with E-state index in [-0.39, 0.29) is 31.5 Å². The number of aliphatic carboxylic acids is 1. The maximum absolute atomic E-state index is 14.0. The van der Waals surface area contributed by atoms with Crippen molar-refractivity contribution in [2.45, 2.75) is 44.3 Å². The molecular formula is C38H38N4O6. The lowest BCUT2D eigenvalue weighted by molar-refractivity contribution is -0.139. The fourth-order valence-corrected chi connectivity index (χ4v) is 5.66. The third-order valence-electron chi connectivity index (χ3n) is 8.03. The topological polar surface area (TPSA) is 137 Å². The van der Waals surface area contributed by atoms with Crippen molar-refractivity contribution in [3.63, 3.8) is 0 Å². The second kappa shape index (κ2) is 15.8. The molecule has 0 bridgehead atoms. The van der Waals surface area contributed by atoms with Crippen molar-refractivity contribution in [1.29, 1.82) is 0 Å². The summed E-state index contributed by atoms with van der Waals surface area (Å²) >= 11 is 0. The lowest BCUT2D eigenvalue weighted by Crippen LogP contribution is -2.38. The summed E-state index contributed by atoms with van der Waals surface area (Å²) in [5.41, 5.74) is 3.22. The standard InChI is InChI=1S/C38H38N4O6/c1-25(2)39-23-33(43)40-31-21-13-12-20-29(31)35(28-18-10-5-11-19-28)41-36(37(45)46)30(26-14-6-3-7-15-26)22-34(44)42-32(24-48-38(42)47)27-16-8-4-9-17-27/h3-21,25,30,32,36,39H,22-24H2,1-2H3,(H,40,43)(H,45,46)/t30-,32-,36+/m0/s1. The molecule has 0 aliphatic carbocycles. The van der Waals surface area contributed by atoms with Crippen LogP contribution in [-0.4, -0.2) is 64.8 Å². The second-order valence-corrected chi connectivity index (χ2v) is 11.7. The predicted molar refractivity (Wildman–Crippen MR) is 183 cm³/mol. The molecule has 1 aliphatic rings. The van der Waals surface area contributed by atoms with E-state index in [4.69, 9.17) is 9.73 Å². The third kappa shape index (κ3) is 8.21. The van der Waals surface area contributed by atoms with Gasteiger partial charge in [0.05, 0.1) is 17.9 Å². The minimum atomic E-state index is -1.45. The van der Waals surface area contributed by atoms with Crippen molar-refractivity contribution in [3.8, 4) is 0 Å². The molecule has 1 aliphatic heterocycles. The van der Waals surface area contributed by atoms with E-state index in [1.165, 1.54) is 0 Å². The fourth-order valence-electron chi connectivity index (χ4n) is 5.66.